The van der Waals surface area contributed by atoms with E-state index in [-0.39, 0.29) is 0 Å². The number of anilines is 1. The second kappa shape index (κ2) is 6.70. The summed E-state index contributed by atoms with van der Waals surface area (Å²) in [6.45, 7) is 2.44. The maximum atomic E-state index is 5.63. The molecule has 0 aliphatic heterocycles. The highest BCUT2D eigenvalue weighted by Gasteiger charge is 2.04. The van der Waals surface area contributed by atoms with Crippen LogP contribution in [0.4, 0.5) is 5.82 Å². The van der Waals surface area contributed by atoms with Crippen molar-refractivity contribution in [2.75, 3.05) is 5.43 Å². The van der Waals surface area contributed by atoms with E-state index in [1.165, 1.54) is 0 Å². The highest BCUT2D eigenvalue weighted by Crippen LogP contribution is 2.12. The standard InChI is InChI=1S/C14H18N4O/c1-2-6-11-9-13(18-15)17-14(16-11)10-19-12-7-4-3-5-8-12/h3-5,7-9H,2,6,10,15H2,1H3,(H,16,17,18). The number of aromatic nitrogens is 2. The molecule has 0 spiro atoms. The molecule has 2 rings (SSSR count). The van der Waals surface area contributed by atoms with Crippen LogP contribution >= 0.6 is 0 Å². The maximum Gasteiger partial charge on any atom is 0.168 e. The summed E-state index contributed by atoms with van der Waals surface area (Å²) < 4.78 is 5.63. The number of hydrogen-bond donors (Lipinski definition) is 2. The van der Waals surface area contributed by atoms with Crippen LogP contribution in [0.2, 0.25) is 0 Å². The first-order valence-corrected chi connectivity index (χ1v) is 6.33. The van der Waals surface area contributed by atoms with Crippen LogP contribution in [0.15, 0.2) is 36.4 Å². The van der Waals surface area contributed by atoms with Crippen LogP contribution < -0.4 is 16.0 Å². The smallest absolute Gasteiger partial charge is 0.168 e. The lowest BCUT2D eigenvalue weighted by Gasteiger charge is -2.08. The molecule has 0 atom stereocenters. The summed E-state index contributed by atoms with van der Waals surface area (Å²) in [5.41, 5.74) is 3.53. The van der Waals surface area contributed by atoms with Crippen molar-refractivity contribution < 1.29 is 4.74 Å². The first-order chi connectivity index (χ1) is 9.31. The monoisotopic (exact) mass is 258 g/mol. The number of nitrogens with one attached hydrogen (secondary N) is 1. The van der Waals surface area contributed by atoms with Gasteiger partial charge in [-0.3, -0.25) is 0 Å². The fourth-order valence-corrected chi connectivity index (χ4v) is 1.74. The number of benzene rings is 1. The summed E-state index contributed by atoms with van der Waals surface area (Å²) in [6.07, 6.45) is 1.93. The quantitative estimate of drug-likeness (QED) is 0.614. The van der Waals surface area contributed by atoms with Gasteiger partial charge in [0.2, 0.25) is 0 Å². The van der Waals surface area contributed by atoms with Crippen molar-refractivity contribution in [2.45, 2.75) is 26.4 Å². The summed E-state index contributed by atoms with van der Waals surface area (Å²) in [5, 5.41) is 0. The molecular formula is C14H18N4O. The van der Waals surface area contributed by atoms with Gasteiger partial charge in [0.15, 0.2) is 5.82 Å². The van der Waals surface area contributed by atoms with Crippen molar-refractivity contribution in [1.29, 1.82) is 0 Å². The molecule has 5 nitrogen and oxygen atoms in total. The SMILES string of the molecule is CCCc1cc(NN)nc(COc2ccccc2)n1. The Kier molecular flexibility index (Phi) is 4.69. The Balaban J connectivity index is 2.08. The van der Waals surface area contributed by atoms with Gasteiger partial charge >= 0.3 is 0 Å². The Morgan fingerprint density at radius 2 is 2.00 bits per heavy atom. The van der Waals surface area contributed by atoms with E-state index in [0.29, 0.717) is 18.2 Å². The lowest BCUT2D eigenvalue weighted by molar-refractivity contribution is 0.295. The zero-order valence-electron chi connectivity index (χ0n) is 11.0. The molecule has 0 radical (unpaired) electrons. The van der Waals surface area contributed by atoms with Crippen molar-refractivity contribution in [3.63, 3.8) is 0 Å². The van der Waals surface area contributed by atoms with E-state index >= 15 is 0 Å². The van der Waals surface area contributed by atoms with Gasteiger partial charge in [-0.2, -0.15) is 0 Å². The molecule has 0 saturated carbocycles. The summed E-state index contributed by atoms with van der Waals surface area (Å²) in [6, 6.07) is 11.5. The van der Waals surface area contributed by atoms with Crippen molar-refractivity contribution >= 4 is 5.82 Å². The van der Waals surface area contributed by atoms with Crippen LogP contribution in [0.5, 0.6) is 5.75 Å². The van der Waals surface area contributed by atoms with E-state index in [9.17, 15) is 0 Å². The lowest BCUT2D eigenvalue weighted by Crippen LogP contribution is -2.12. The fraction of sp³-hybridized carbons (Fsp3) is 0.286. The minimum absolute atomic E-state index is 0.330. The molecule has 0 bridgehead atoms. The van der Waals surface area contributed by atoms with Gasteiger partial charge in [0.1, 0.15) is 18.2 Å². The maximum absolute atomic E-state index is 5.63. The van der Waals surface area contributed by atoms with Gasteiger partial charge in [0, 0.05) is 11.8 Å². The number of nitrogen functional groups attached to an aromatic ring is 1. The van der Waals surface area contributed by atoms with E-state index in [4.69, 9.17) is 10.6 Å². The van der Waals surface area contributed by atoms with Crippen molar-refractivity contribution in [3.05, 3.63) is 47.9 Å². The van der Waals surface area contributed by atoms with Gasteiger partial charge in [-0.15, -0.1) is 0 Å². The Morgan fingerprint density at radius 3 is 2.68 bits per heavy atom. The Hall–Kier alpha value is -2.14. The van der Waals surface area contributed by atoms with E-state index in [2.05, 4.69) is 22.3 Å². The first kappa shape index (κ1) is 13.3. The zero-order valence-corrected chi connectivity index (χ0v) is 11.0. The minimum atomic E-state index is 0.330. The van der Waals surface area contributed by atoms with Crippen LogP contribution in [-0.2, 0) is 13.0 Å². The van der Waals surface area contributed by atoms with E-state index in [1.807, 2.05) is 36.4 Å². The largest absolute Gasteiger partial charge is 0.486 e. The van der Waals surface area contributed by atoms with E-state index < -0.39 is 0 Å². The molecular weight excluding hydrogens is 240 g/mol. The number of hydrazine groups is 1. The molecule has 3 N–H and O–H groups in total. The molecule has 0 amide bonds. The average molecular weight is 258 g/mol. The molecule has 100 valence electrons. The van der Waals surface area contributed by atoms with Crippen molar-refractivity contribution in [2.24, 2.45) is 5.84 Å². The summed E-state index contributed by atoms with van der Waals surface area (Å²) in [7, 11) is 0. The number of aryl methyl sites for hydroxylation is 1. The summed E-state index contributed by atoms with van der Waals surface area (Å²) in [5.74, 6) is 7.45. The molecule has 0 fully saturated rings. The number of para-hydroxylation sites is 1. The third-order valence-corrected chi connectivity index (χ3v) is 2.59. The number of rotatable bonds is 6. The molecule has 0 aliphatic carbocycles. The Labute approximate surface area is 112 Å². The minimum Gasteiger partial charge on any atom is -0.486 e. The van der Waals surface area contributed by atoms with Crippen LogP contribution in [0, 0.1) is 0 Å². The normalized spacial score (nSPS) is 10.2. The summed E-state index contributed by atoms with van der Waals surface area (Å²) in [4.78, 5) is 8.73. The molecule has 0 aliphatic rings. The zero-order chi connectivity index (χ0) is 13.5. The molecule has 1 heterocycles. The van der Waals surface area contributed by atoms with Crippen LogP contribution in [-0.4, -0.2) is 9.97 Å². The van der Waals surface area contributed by atoms with Gasteiger partial charge in [-0.05, 0) is 18.6 Å². The highest BCUT2D eigenvalue weighted by atomic mass is 16.5. The van der Waals surface area contributed by atoms with Crippen molar-refractivity contribution in [1.82, 2.24) is 9.97 Å². The van der Waals surface area contributed by atoms with Gasteiger partial charge in [-0.25, -0.2) is 15.8 Å². The van der Waals surface area contributed by atoms with Gasteiger partial charge in [0.25, 0.3) is 0 Å². The molecule has 19 heavy (non-hydrogen) atoms. The predicted molar refractivity (Wildman–Crippen MR) is 74.6 cm³/mol. The van der Waals surface area contributed by atoms with Gasteiger partial charge < -0.3 is 10.2 Å². The lowest BCUT2D eigenvalue weighted by atomic mass is 10.2. The van der Waals surface area contributed by atoms with Gasteiger partial charge in [-0.1, -0.05) is 31.5 Å². The van der Waals surface area contributed by atoms with Crippen LogP contribution in [0.25, 0.3) is 0 Å². The van der Waals surface area contributed by atoms with Crippen LogP contribution in [0.3, 0.4) is 0 Å². The Morgan fingerprint density at radius 1 is 1.21 bits per heavy atom. The van der Waals surface area contributed by atoms with Gasteiger partial charge in [0.05, 0.1) is 0 Å². The predicted octanol–water partition coefficient (Wildman–Crippen LogP) is 2.29. The summed E-state index contributed by atoms with van der Waals surface area (Å²) >= 11 is 0. The van der Waals surface area contributed by atoms with E-state index in [1.54, 1.807) is 0 Å². The number of nitrogens with two attached hydrogens (primary N) is 1. The van der Waals surface area contributed by atoms with Crippen molar-refractivity contribution in [3.8, 4) is 5.75 Å². The van der Waals surface area contributed by atoms with Crippen LogP contribution in [0.1, 0.15) is 24.9 Å². The number of nitrogens with zero attached hydrogens (tertiary/aromatic N) is 2. The molecule has 2 aromatic rings. The average Bonchev–Trinajstić information content (AvgIpc) is 2.46. The highest BCUT2D eigenvalue weighted by molar-refractivity contribution is 5.34. The molecule has 1 aromatic heterocycles. The number of ether oxygens (including phenoxy) is 1. The Bertz CT molecular complexity index is 516. The first-order valence-electron chi connectivity index (χ1n) is 6.33. The number of hydrogen-bond acceptors (Lipinski definition) is 5. The second-order valence-electron chi connectivity index (χ2n) is 4.16. The molecule has 0 unspecified atom stereocenters. The second-order valence-corrected chi connectivity index (χ2v) is 4.16. The third-order valence-electron chi connectivity index (χ3n) is 2.59. The fourth-order valence-electron chi connectivity index (χ4n) is 1.74. The molecule has 1 aromatic carbocycles. The third kappa shape index (κ3) is 3.93. The molecule has 0 saturated heterocycles. The topological polar surface area (TPSA) is 73.1 Å². The molecule has 5 heteroatoms. The van der Waals surface area contributed by atoms with E-state index in [0.717, 1.165) is 24.3 Å².